The Morgan fingerprint density at radius 1 is 1.53 bits per heavy atom. The van der Waals surface area contributed by atoms with Crippen molar-refractivity contribution in [2.75, 3.05) is 5.32 Å². The van der Waals surface area contributed by atoms with Crippen LogP contribution in [0, 0.1) is 5.82 Å². The fourth-order valence-corrected chi connectivity index (χ4v) is 1.83. The van der Waals surface area contributed by atoms with Crippen molar-refractivity contribution in [1.29, 1.82) is 0 Å². The van der Waals surface area contributed by atoms with E-state index in [-0.39, 0.29) is 12.3 Å². The van der Waals surface area contributed by atoms with Gasteiger partial charge in [0.1, 0.15) is 5.82 Å². The standard InChI is InChI=1S/C10H7ClFNO2/c11-10(15)7-4-9(14)13-8-3-5(12)1-2-6(7)8/h1-3,7H,4H2,(H,13,14). The number of hydrogen-bond acceptors (Lipinski definition) is 2. The van der Waals surface area contributed by atoms with Crippen LogP contribution in [0.1, 0.15) is 17.9 Å². The molecule has 1 atom stereocenters. The second kappa shape index (κ2) is 3.62. The Balaban J connectivity index is 2.51. The van der Waals surface area contributed by atoms with E-state index in [1.807, 2.05) is 0 Å². The van der Waals surface area contributed by atoms with Gasteiger partial charge in [0.2, 0.25) is 11.1 Å². The Morgan fingerprint density at radius 3 is 2.93 bits per heavy atom. The highest BCUT2D eigenvalue weighted by Gasteiger charge is 2.29. The van der Waals surface area contributed by atoms with E-state index in [9.17, 15) is 14.0 Å². The van der Waals surface area contributed by atoms with Crippen LogP contribution in [-0.2, 0) is 9.59 Å². The SMILES string of the molecule is O=C1CC(C(=O)Cl)c2ccc(F)cc2N1. The second-order valence-electron chi connectivity index (χ2n) is 3.34. The number of amides is 1. The summed E-state index contributed by atoms with van der Waals surface area (Å²) in [5, 5.41) is 1.90. The van der Waals surface area contributed by atoms with Crippen LogP contribution in [0.3, 0.4) is 0 Å². The number of nitrogens with one attached hydrogen (secondary N) is 1. The van der Waals surface area contributed by atoms with Gasteiger partial charge in [-0.2, -0.15) is 0 Å². The van der Waals surface area contributed by atoms with Crippen LogP contribution in [0.4, 0.5) is 10.1 Å². The maximum absolute atomic E-state index is 12.9. The van der Waals surface area contributed by atoms with Crippen molar-refractivity contribution in [3.8, 4) is 0 Å². The third kappa shape index (κ3) is 1.85. The summed E-state index contributed by atoms with van der Waals surface area (Å²) in [7, 11) is 0. The molecule has 3 nitrogen and oxygen atoms in total. The lowest BCUT2D eigenvalue weighted by atomic mass is 9.91. The van der Waals surface area contributed by atoms with Gasteiger partial charge in [0.25, 0.3) is 0 Å². The van der Waals surface area contributed by atoms with Crippen LogP contribution in [-0.4, -0.2) is 11.1 Å². The largest absolute Gasteiger partial charge is 0.326 e. The summed E-state index contributed by atoms with van der Waals surface area (Å²) < 4.78 is 12.9. The summed E-state index contributed by atoms with van der Waals surface area (Å²) in [6.07, 6.45) is 0.0148. The van der Waals surface area contributed by atoms with E-state index >= 15 is 0 Å². The minimum atomic E-state index is -0.670. The molecule has 1 N–H and O–H groups in total. The molecule has 1 amide bonds. The summed E-state index contributed by atoms with van der Waals surface area (Å²) >= 11 is 5.38. The second-order valence-corrected chi connectivity index (χ2v) is 3.71. The number of rotatable bonds is 1. The molecular weight excluding hydrogens is 221 g/mol. The molecule has 0 fully saturated rings. The zero-order valence-corrected chi connectivity index (χ0v) is 8.34. The number of carbonyl (C=O) groups excluding carboxylic acids is 2. The summed E-state index contributed by atoms with van der Waals surface area (Å²) in [6, 6.07) is 3.89. The Labute approximate surface area is 90.2 Å². The van der Waals surface area contributed by atoms with Crippen molar-refractivity contribution >= 4 is 28.4 Å². The summed E-state index contributed by atoms with van der Waals surface area (Å²) in [5.74, 6) is -1.46. The minimum Gasteiger partial charge on any atom is -0.326 e. The van der Waals surface area contributed by atoms with E-state index in [0.717, 1.165) is 0 Å². The van der Waals surface area contributed by atoms with Crippen LogP contribution < -0.4 is 5.32 Å². The number of hydrogen-bond donors (Lipinski definition) is 1. The van der Waals surface area contributed by atoms with Crippen molar-refractivity contribution in [3.63, 3.8) is 0 Å². The lowest BCUT2D eigenvalue weighted by molar-refractivity contribution is -0.120. The molecule has 15 heavy (non-hydrogen) atoms. The number of fused-ring (bicyclic) bond motifs is 1. The Bertz CT molecular complexity index is 447. The normalized spacial score (nSPS) is 19.3. The van der Waals surface area contributed by atoms with Gasteiger partial charge in [0.05, 0.1) is 5.92 Å². The van der Waals surface area contributed by atoms with Gasteiger partial charge in [-0.15, -0.1) is 0 Å². The summed E-state index contributed by atoms with van der Waals surface area (Å²) in [4.78, 5) is 22.3. The maximum atomic E-state index is 12.9. The average molecular weight is 228 g/mol. The molecule has 0 aliphatic carbocycles. The number of carbonyl (C=O) groups is 2. The zero-order chi connectivity index (χ0) is 11.0. The van der Waals surface area contributed by atoms with Gasteiger partial charge >= 0.3 is 0 Å². The molecule has 0 radical (unpaired) electrons. The van der Waals surface area contributed by atoms with Gasteiger partial charge in [-0.1, -0.05) is 6.07 Å². The average Bonchev–Trinajstić information content (AvgIpc) is 2.15. The maximum Gasteiger partial charge on any atom is 0.229 e. The first-order valence-electron chi connectivity index (χ1n) is 4.36. The molecule has 2 rings (SSSR count). The van der Waals surface area contributed by atoms with Crippen LogP contribution in [0.2, 0.25) is 0 Å². The van der Waals surface area contributed by atoms with E-state index in [1.165, 1.54) is 18.2 Å². The first kappa shape index (κ1) is 10.1. The van der Waals surface area contributed by atoms with E-state index in [2.05, 4.69) is 5.32 Å². The predicted molar refractivity (Wildman–Crippen MR) is 53.2 cm³/mol. The molecule has 0 saturated carbocycles. The van der Waals surface area contributed by atoms with Gasteiger partial charge in [0.15, 0.2) is 0 Å². The lowest BCUT2D eigenvalue weighted by Gasteiger charge is -2.22. The molecule has 1 aliphatic heterocycles. The fraction of sp³-hybridized carbons (Fsp3) is 0.200. The van der Waals surface area contributed by atoms with Gasteiger partial charge in [-0.25, -0.2) is 4.39 Å². The van der Waals surface area contributed by atoms with E-state index in [4.69, 9.17) is 11.6 Å². The fourth-order valence-electron chi connectivity index (χ4n) is 1.64. The first-order valence-corrected chi connectivity index (χ1v) is 4.74. The molecule has 78 valence electrons. The lowest BCUT2D eigenvalue weighted by Crippen LogP contribution is -2.25. The topological polar surface area (TPSA) is 46.2 Å². The zero-order valence-electron chi connectivity index (χ0n) is 7.59. The van der Waals surface area contributed by atoms with Crippen molar-refractivity contribution in [3.05, 3.63) is 29.6 Å². The highest BCUT2D eigenvalue weighted by molar-refractivity contribution is 6.65. The van der Waals surface area contributed by atoms with Crippen LogP contribution in [0.15, 0.2) is 18.2 Å². The third-order valence-electron chi connectivity index (χ3n) is 2.33. The minimum absolute atomic E-state index is 0.0148. The molecule has 1 aliphatic rings. The number of benzene rings is 1. The first-order chi connectivity index (χ1) is 7.08. The Morgan fingerprint density at radius 2 is 2.27 bits per heavy atom. The van der Waals surface area contributed by atoms with Crippen LogP contribution in [0.25, 0.3) is 0 Å². The number of anilines is 1. The molecule has 0 spiro atoms. The van der Waals surface area contributed by atoms with Crippen LogP contribution in [0.5, 0.6) is 0 Å². The van der Waals surface area contributed by atoms with E-state index in [1.54, 1.807) is 0 Å². The highest BCUT2D eigenvalue weighted by atomic mass is 35.5. The number of halogens is 2. The quantitative estimate of drug-likeness (QED) is 0.746. The molecule has 5 heteroatoms. The summed E-state index contributed by atoms with van der Waals surface area (Å²) in [6.45, 7) is 0. The van der Waals surface area contributed by atoms with Crippen molar-refractivity contribution < 1.29 is 14.0 Å². The van der Waals surface area contributed by atoms with Crippen molar-refractivity contribution in [2.24, 2.45) is 0 Å². The summed E-state index contributed by atoms with van der Waals surface area (Å²) in [5.41, 5.74) is 0.890. The third-order valence-corrected chi connectivity index (χ3v) is 2.59. The van der Waals surface area contributed by atoms with Crippen LogP contribution >= 0.6 is 11.6 Å². The molecule has 0 saturated heterocycles. The molecule has 1 unspecified atom stereocenters. The Kier molecular flexibility index (Phi) is 2.44. The smallest absolute Gasteiger partial charge is 0.229 e. The molecule has 1 aromatic carbocycles. The Hall–Kier alpha value is -1.42. The van der Waals surface area contributed by atoms with Crippen molar-refractivity contribution in [2.45, 2.75) is 12.3 Å². The van der Waals surface area contributed by atoms with Gasteiger partial charge in [-0.3, -0.25) is 9.59 Å². The molecule has 0 bridgehead atoms. The monoisotopic (exact) mass is 227 g/mol. The molecular formula is C10H7ClFNO2. The van der Waals surface area contributed by atoms with Gasteiger partial charge in [-0.05, 0) is 29.3 Å². The predicted octanol–water partition coefficient (Wildman–Crippen LogP) is 2.02. The molecule has 1 heterocycles. The van der Waals surface area contributed by atoms with E-state index < -0.39 is 17.0 Å². The highest BCUT2D eigenvalue weighted by Crippen LogP contribution is 2.33. The van der Waals surface area contributed by atoms with Gasteiger partial charge in [0, 0.05) is 12.1 Å². The van der Waals surface area contributed by atoms with Crippen molar-refractivity contribution in [1.82, 2.24) is 0 Å². The van der Waals surface area contributed by atoms with E-state index in [0.29, 0.717) is 11.3 Å². The molecule has 1 aromatic rings. The molecule has 0 aromatic heterocycles. The van der Waals surface area contributed by atoms with Gasteiger partial charge < -0.3 is 5.32 Å².